The zero-order valence-electron chi connectivity index (χ0n) is 13.4. The summed E-state index contributed by atoms with van der Waals surface area (Å²) >= 11 is 15.4. The number of aromatic nitrogens is 4. The van der Waals surface area contributed by atoms with E-state index in [1.807, 2.05) is 13.0 Å². The van der Waals surface area contributed by atoms with Gasteiger partial charge in [0.05, 0.1) is 26.8 Å². The molecule has 0 saturated carbocycles. The molecule has 0 aliphatic heterocycles. The van der Waals surface area contributed by atoms with Gasteiger partial charge in [0.1, 0.15) is 5.69 Å². The lowest BCUT2D eigenvalue weighted by molar-refractivity contribution is 0.101. The summed E-state index contributed by atoms with van der Waals surface area (Å²) in [6.45, 7) is 2.33. The molecule has 3 aromatic rings. The fourth-order valence-corrected chi connectivity index (χ4v) is 3.12. The first-order valence-corrected chi connectivity index (χ1v) is 8.87. The molecule has 2 aromatic heterocycles. The number of nitrogens with one attached hydrogen (secondary N) is 1. The molecule has 130 valence electrons. The number of halogens is 3. The van der Waals surface area contributed by atoms with Gasteiger partial charge in [-0.1, -0.05) is 29.3 Å². The maximum Gasteiger partial charge on any atom is 0.275 e. The van der Waals surface area contributed by atoms with E-state index in [1.54, 1.807) is 36.1 Å². The number of amides is 1. The van der Waals surface area contributed by atoms with Gasteiger partial charge < -0.3 is 5.32 Å². The predicted octanol–water partition coefficient (Wildman–Crippen LogP) is 4.29. The molecule has 0 atom stereocenters. The van der Waals surface area contributed by atoms with E-state index in [0.29, 0.717) is 32.6 Å². The molecule has 0 bridgehead atoms. The molecule has 0 aliphatic carbocycles. The van der Waals surface area contributed by atoms with Crippen LogP contribution < -0.4 is 5.32 Å². The van der Waals surface area contributed by atoms with Crippen molar-refractivity contribution in [3.05, 3.63) is 61.9 Å². The molecular formula is C16H14BrCl2N5O. The van der Waals surface area contributed by atoms with Gasteiger partial charge in [-0.05, 0) is 46.6 Å². The quantitative estimate of drug-likeness (QED) is 0.655. The van der Waals surface area contributed by atoms with E-state index < -0.39 is 0 Å². The Kier molecular flexibility index (Phi) is 5.17. The summed E-state index contributed by atoms with van der Waals surface area (Å²) in [7, 11) is 1.72. The van der Waals surface area contributed by atoms with E-state index in [4.69, 9.17) is 23.2 Å². The Morgan fingerprint density at radius 3 is 2.64 bits per heavy atom. The minimum atomic E-state index is -0.274. The van der Waals surface area contributed by atoms with E-state index in [2.05, 4.69) is 31.4 Å². The molecule has 0 spiro atoms. The fraction of sp³-hybridized carbons (Fsp3) is 0.188. The number of aryl methyl sites for hydroxylation is 2. The Morgan fingerprint density at radius 2 is 2.00 bits per heavy atom. The van der Waals surface area contributed by atoms with Crippen molar-refractivity contribution in [2.24, 2.45) is 7.05 Å². The van der Waals surface area contributed by atoms with Crippen LogP contribution in [-0.4, -0.2) is 25.5 Å². The molecule has 0 fully saturated rings. The summed E-state index contributed by atoms with van der Waals surface area (Å²) in [4.78, 5) is 12.4. The lowest BCUT2D eigenvalue weighted by atomic mass is 10.2. The molecule has 2 heterocycles. The number of benzene rings is 1. The third-order valence-electron chi connectivity index (χ3n) is 3.51. The van der Waals surface area contributed by atoms with E-state index in [1.165, 1.54) is 4.68 Å². The van der Waals surface area contributed by atoms with Crippen molar-refractivity contribution in [2.75, 3.05) is 5.32 Å². The Balaban J connectivity index is 1.77. The van der Waals surface area contributed by atoms with Crippen LogP contribution in [0.15, 0.2) is 34.9 Å². The maximum atomic E-state index is 12.4. The minimum absolute atomic E-state index is 0.274. The molecule has 6 nitrogen and oxygen atoms in total. The third kappa shape index (κ3) is 4.05. The molecule has 1 amide bonds. The monoisotopic (exact) mass is 441 g/mol. The number of hydrogen-bond donors (Lipinski definition) is 1. The van der Waals surface area contributed by atoms with Crippen molar-refractivity contribution >= 4 is 50.9 Å². The van der Waals surface area contributed by atoms with Crippen LogP contribution in [0.3, 0.4) is 0 Å². The number of carbonyl (C=O) groups excluding carboxylic acids is 1. The number of rotatable bonds is 4. The Hall–Kier alpha value is -1.83. The van der Waals surface area contributed by atoms with Crippen molar-refractivity contribution in [1.82, 2.24) is 19.6 Å². The summed E-state index contributed by atoms with van der Waals surface area (Å²) in [6, 6.07) is 7.12. The largest absolute Gasteiger partial charge is 0.303 e. The van der Waals surface area contributed by atoms with Gasteiger partial charge >= 0.3 is 0 Å². The minimum Gasteiger partial charge on any atom is -0.303 e. The molecular weight excluding hydrogens is 429 g/mol. The highest BCUT2D eigenvalue weighted by molar-refractivity contribution is 9.10. The van der Waals surface area contributed by atoms with E-state index in [9.17, 15) is 4.79 Å². The van der Waals surface area contributed by atoms with Crippen LogP contribution in [0.5, 0.6) is 0 Å². The van der Waals surface area contributed by atoms with Crippen molar-refractivity contribution in [3.63, 3.8) is 0 Å². The smallest absolute Gasteiger partial charge is 0.275 e. The molecule has 0 aliphatic rings. The predicted molar refractivity (Wildman–Crippen MR) is 101 cm³/mol. The number of nitrogens with zero attached hydrogens (tertiary/aromatic N) is 4. The van der Waals surface area contributed by atoms with Crippen LogP contribution in [-0.2, 0) is 13.6 Å². The van der Waals surface area contributed by atoms with Gasteiger partial charge in [0, 0.05) is 13.2 Å². The summed E-state index contributed by atoms with van der Waals surface area (Å²) in [5.74, 6) is 0.160. The third-order valence-corrected chi connectivity index (χ3v) is 4.83. The molecule has 1 aromatic carbocycles. The molecule has 0 radical (unpaired) electrons. The van der Waals surface area contributed by atoms with Gasteiger partial charge in [-0.2, -0.15) is 10.2 Å². The van der Waals surface area contributed by atoms with Crippen LogP contribution in [0.25, 0.3) is 0 Å². The summed E-state index contributed by atoms with van der Waals surface area (Å²) in [6.07, 6.45) is 1.78. The average molecular weight is 443 g/mol. The van der Waals surface area contributed by atoms with E-state index >= 15 is 0 Å². The maximum absolute atomic E-state index is 12.4. The second-order valence-corrected chi connectivity index (χ2v) is 7.19. The SMILES string of the molecule is Cc1cc(C(=O)Nc2nn(Cc3ccc(Cl)c(Cl)c3)cc2Br)n(C)n1. The Bertz CT molecular complexity index is 950. The van der Waals surface area contributed by atoms with Gasteiger partial charge in [0.25, 0.3) is 5.91 Å². The van der Waals surface area contributed by atoms with Gasteiger partial charge in [0.2, 0.25) is 0 Å². The summed E-state index contributed by atoms with van der Waals surface area (Å²) in [5.41, 5.74) is 2.19. The molecule has 1 N–H and O–H groups in total. The molecule has 0 unspecified atom stereocenters. The van der Waals surface area contributed by atoms with Crippen LogP contribution in [0.4, 0.5) is 5.82 Å². The first-order chi connectivity index (χ1) is 11.8. The molecule has 9 heteroatoms. The van der Waals surface area contributed by atoms with Crippen molar-refractivity contribution in [3.8, 4) is 0 Å². The second-order valence-electron chi connectivity index (χ2n) is 5.52. The summed E-state index contributed by atoms with van der Waals surface area (Å²) < 4.78 is 3.92. The Labute approximate surface area is 162 Å². The van der Waals surface area contributed by atoms with Crippen LogP contribution in [0.2, 0.25) is 10.0 Å². The standard InChI is InChI=1S/C16H14BrCl2N5O/c1-9-5-14(23(2)21-9)16(25)20-15-11(17)8-24(22-15)7-10-3-4-12(18)13(19)6-10/h3-6,8H,7H2,1-2H3,(H,20,22,25). The van der Waals surface area contributed by atoms with Crippen LogP contribution >= 0.6 is 39.1 Å². The zero-order valence-corrected chi connectivity index (χ0v) is 16.5. The fourth-order valence-electron chi connectivity index (χ4n) is 2.38. The average Bonchev–Trinajstić information content (AvgIpc) is 3.05. The van der Waals surface area contributed by atoms with Crippen molar-refractivity contribution in [1.29, 1.82) is 0 Å². The van der Waals surface area contributed by atoms with Gasteiger partial charge in [-0.15, -0.1) is 0 Å². The molecule has 0 saturated heterocycles. The lowest BCUT2D eigenvalue weighted by Crippen LogP contribution is -2.17. The van der Waals surface area contributed by atoms with Crippen molar-refractivity contribution < 1.29 is 4.79 Å². The summed E-state index contributed by atoms with van der Waals surface area (Å²) in [5, 5.41) is 12.3. The van der Waals surface area contributed by atoms with E-state index in [0.717, 1.165) is 11.3 Å². The topological polar surface area (TPSA) is 64.7 Å². The number of anilines is 1. The number of hydrogen-bond acceptors (Lipinski definition) is 3. The highest BCUT2D eigenvalue weighted by atomic mass is 79.9. The highest BCUT2D eigenvalue weighted by Gasteiger charge is 2.16. The number of carbonyl (C=O) groups is 1. The van der Waals surface area contributed by atoms with Crippen LogP contribution in [0, 0.1) is 6.92 Å². The van der Waals surface area contributed by atoms with Crippen molar-refractivity contribution in [2.45, 2.75) is 13.5 Å². The Morgan fingerprint density at radius 1 is 1.24 bits per heavy atom. The first kappa shape index (κ1) is 18.0. The zero-order chi connectivity index (χ0) is 18.1. The highest BCUT2D eigenvalue weighted by Crippen LogP contribution is 2.25. The second kappa shape index (κ2) is 7.19. The van der Waals surface area contributed by atoms with Crippen LogP contribution in [0.1, 0.15) is 21.7 Å². The normalized spacial score (nSPS) is 10.9. The molecule has 25 heavy (non-hydrogen) atoms. The van der Waals surface area contributed by atoms with E-state index in [-0.39, 0.29) is 5.91 Å². The first-order valence-electron chi connectivity index (χ1n) is 7.32. The van der Waals surface area contributed by atoms with Gasteiger partial charge in [0.15, 0.2) is 5.82 Å². The van der Waals surface area contributed by atoms with Gasteiger partial charge in [-0.3, -0.25) is 14.2 Å². The molecule has 3 rings (SSSR count). The van der Waals surface area contributed by atoms with Gasteiger partial charge in [-0.25, -0.2) is 0 Å². The lowest BCUT2D eigenvalue weighted by Gasteiger charge is -2.04.